The number of ether oxygens (including phenoxy) is 1. The molecule has 0 saturated heterocycles. The molecule has 0 unspecified atom stereocenters. The van der Waals surface area contributed by atoms with Crippen LogP contribution in [0.5, 0.6) is 5.75 Å². The van der Waals surface area contributed by atoms with Gasteiger partial charge in [0, 0.05) is 20.0 Å². The molecule has 5 nitrogen and oxygen atoms in total. The molecule has 2 aromatic carbocycles. The summed E-state index contributed by atoms with van der Waals surface area (Å²) < 4.78 is 19.0. The van der Waals surface area contributed by atoms with E-state index in [0.717, 1.165) is 5.56 Å². The van der Waals surface area contributed by atoms with Crippen molar-refractivity contribution in [1.29, 1.82) is 0 Å². The number of rotatable bonds is 7. The van der Waals surface area contributed by atoms with Gasteiger partial charge in [0.2, 0.25) is 5.91 Å². The third kappa shape index (κ3) is 4.79. The molecule has 6 heteroatoms. The molecule has 0 radical (unpaired) electrons. The average molecular weight is 345 g/mol. The summed E-state index contributed by atoms with van der Waals surface area (Å²) in [4.78, 5) is 24.6. The number of nitrogens with zero attached hydrogens (tertiary/aromatic N) is 1. The SMILES string of the molecule is COc1cccc(CCC(=O)N(C)Cc2ccc(C(=O)O)cc2)c1F. The summed E-state index contributed by atoms with van der Waals surface area (Å²) >= 11 is 0. The van der Waals surface area contributed by atoms with Crippen molar-refractivity contribution in [2.45, 2.75) is 19.4 Å². The Labute approximate surface area is 145 Å². The molecule has 0 aromatic heterocycles. The summed E-state index contributed by atoms with van der Waals surface area (Å²) in [6.45, 7) is 0.360. The van der Waals surface area contributed by atoms with Crippen molar-refractivity contribution in [2.24, 2.45) is 0 Å². The standard InChI is InChI=1S/C19H20FNO4/c1-21(12-13-6-8-15(9-7-13)19(23)24)17(22)11-10-14-4-3-5-16(25-2)18(14)20/h3-9H,10-12H2,1-2H3,(H,23,24). The van der Waals surface area contributed by atoms with Gasteiger partial charge in [-0.1, -0.05) is 24.3 Å². The largest absolute Gasteiger partial charge is 0.494 e. The van der Waals surface area contributed by atoms with Gasteiger partial charge >= 0.3 is 5.97 Å². The Morgan fingerprint density at radius 3 is 2.44 bits per heavy atom. The minimum Gasteiger partial charge on any atom is -0.494 e. The van der Waals surface area contributed by atoms with Crippen LogP contribution >= 0.6 is 0 Å². The number of carboxylic acid groups (broad SMARTS) is 1. The maximum absolute atomic E-state index is 14.1. The molecule has 0 atom stereocenters. The molecule has 0 aliphatic rings. The Balaban J connectivity index is 1.93. The molecule has 132 valence electrons. The Bertz CT molecular complexity index is 759. The van der Waals surface area contributed by atoms with Crippen LogP contribution in [0.25, 0.3) is 0 Å². The molecular formula is C19H20FNO4. The molecule has 0 heterocycles. The number of aryl methyl sites for hydroxylation is 1. The number of benzene rings is 2. The number of aromatic carboxylic acids is 1. The monoisotopic (exact) mass is 345 g/mol. The fraction of sp³-hybridized carbons (Fsp3) is 0.263. The normalized spacial score (nSPS) is 10.4. The van der Waals surface area contributed by atoms with E-state index in [1.54, 1.807) is 31.3 Å². The first-order chi connectivity index (χ1) is 11.9. The zero-order valence-corrected chi connectivity index (χ0v) is 14.2. The van der Waals surface area contributed by atoms with Gasteiger partial charge in [0.25, 0.3) is 0 Å². The number of hydrogen-bond acceptors (Lipinski definition) is 3. The molecule has 0 spiro atoms. The van der Waals surface area contributed by atoms with Crippen molar-refractivity contribution in [3.63, 3.8) is 0 Å². The lowest BCUT2D eigenvalue weighted by Crippen LogP contribution is -2.26. The minimum absolute atomic E-state index is 0.121. The van der Waals surface area contributed by atoms with Gasteiger partial charge in [-0.2, -0.15) is 0 Å². The number of halogens is 1. The van der Waals surface area contributed by atoms with Crippen LogP contribution in [0.2, 0.25) is 0 Å². The summed E-state index contributed by atoms with van der Waals surface area (Å²) in [5.41, 5.74) is 1.46. The van der Waals surface area contributed by atoms with E-state index in [1.165, 1.54) is 30.2 Å². The van der Waals surface area contributed by atoms with Gasteiger partial charge in [-0.05, 0) is 35.7 Å². The van der Waals surface area contributed by atoms with Crippen molar-refractivity contribution in [2.75, 3.05) is 14.2 Å². The van der Waals surface area contributed by atoms with Crippen LogP contribution in [0.4, 0.5) is 4.39 Å². The first kappa shape index (κ1) is 18.4. The van der Waals surface area contributed by atoms with E-state index in [-0.39, 0.29) is 30.1 Å². The Kier molecular flexibility index (Phi) is 6.11. The van der Waals surface area contributed by atoms with E-state index in [2.05, 4.69) is 0 Å². The zero-order chi connectivity index (χ0) is 18.4. The third-order valence-corrected chi connectivity index (χ3v) is 3.92. The van der Waals surface area contributed by atoms with Crippen molar-refractivity contribution in [1.82, 2.24) is 4.90 Å². The van der Waals surface area contributed by atoms with Gasteiger partial charge in [-0.15, -0.1) is 0 Å². The van der Waals surface area contributed by atoms with E-state index in [0.29, 0.717) is 12.1 Å². The minimum atomic E-state index is -0.990. The second-order valence-electron chi connectivity index (χ2n) is 5.69. The van der Waals surface area contributed by atoms with E-state index in [4.69, 9.17) is 9.84 Å². The number of hydrogen-bond donors (Lipinski definition) is 1. The molecule has 0 bridgehead atoms. The Morgan fingerprint density at radius 1 is 1.16 bits per heavy atom. The van der Waals surface area contributed by atoms with Crippen molar-refractivity contribution in [3.05, 3.63) is 65.0 Å². The van der Waals surface area contributed by atoms with Crippen molar-refractivity contribution >= 4 is 11.9 Å². The smallest absolute Gasteiger partial charge is 0.335 e. The summed E-state index contributed by atoms with van der Waals surface area (Å²) in [5.74, 6) is -1.39. The lowest BCUT2D eigenvalue weighted by molar-refractivity contribution is -0.130. The predicted octanol–water partition coefficient (Wildman–Crippen LogP) is 3.12. The van der Waals surface area contributed by atoms with E-state index >= 15 is 0 Å². The lowest BCUT2D eigenvalue weighted by Gasteiger charge is -2.17. The zero-order valence-electron chi connectivity index (χ0n) is 14.2. The second kappa shape index (κ2) is 8.28. The molecule has 0 aliphatic heterocycles. The number of carbonyl (C=O) groups is 2. The van der Waals surface area contributed by atoms with Gasteiger partial charge in [-0.3, -0.25) is 4.79 Å². The fourth-order valence-electron chi connectivity index (χ4n) is 2.45. The molecule has 0 aliphatic carbocycles. The van der Waals surface area contributed by atoms with Crippen LogP contribution in [0.15, 0.2) is 42.5 Å². The van der Waals surface area contributed by atoms with Gasteiger partial charge in [0.15, 0.2) is 11.6 Å². The van der Waals surface area contributed by atoms with Crippen molar-refractivity contribution < 1.29 is 23.8 Å². The maximum atomic E-state index is 14.1. The molecular weight excluding hydrogens is 325 g/mol. The van der Waals surface area contributed by atoms with Crippen molar-refractivity contribution in [3.8, 4) is 5.75 Å². The first-order valence-electron chi connectivity index (χ1n) is 7.80. The van der Waals surface area contributed by atoms with Crippen LogP contribution in [0, 0.1) is 5.82 Å². The van der Waals surface area contributed by atoms with Crippen LogP contribution in [0.1, 0.15) is 27.9 Å². The third-order valence-electron chi connectivity index (χ3n) is 3.92. The molecule has 1 N–H and O–H groups in total. The highest BCUT2D eigenvalue weighted by molar-refractivity contribution is 5.87. The topological polar surface area (TPSA) is 66.8 Å². The molecule has 2 aromatic rings. The first-order valence-corrected chi connectivity index (χ1v) is 7.80. The molecule has 25 heavy (non-hydrogen) atoms. The number of amides is 1. The molecule has 0 fully saturated rings. The van der Waals surface area contributed by atoms with Gasteiger partial charge in [0.05, 0.1) is 12.7 Å². The summed E-state index contributed by atoms with van der Waals surface area (Å²) in [7, 11) is 3.06. The van der Waals surface area contributed by atoms with E-state index in [9.17, 15) is 14.0 Å². The van der Waals surface area contributed by atoms with Gasteiger partial charge < -0.3 is 14.7 Å². The van der Waals surface area contributed by atoms with Crippen LogP contribution in [0.3, 0.4) is 0 Å². The quantitative estimate of drug-likeness (QED) is 0.837. The Hall–Kier alpha value is -2.89. The Morgan fingerprint density at radius 2 is 1.84 bits per heavy atom. The highest BCUT2D eigenvalue weighted by Gasteiger charge is 2.13. The molecule has 1 amide bonds. The van der Waals surface area contributed by atoms with E-state index in [1.807, 2.05) is 0 Å². The average Bonchev–Trinajstić information content (AvgIpc) is 2.61. The molecule has 2 rings (SSSR count). The predicted molar refractivity (Wildman–Crippen MR) is 91.1 cm³/mol. The summed E-state index contributed by atoms with van der Waals surface area (Å²) in [6, 6.07) is 11.2. The second-order valence-corrected chi connectivity index (χ2v) is 5.69. The maximum Gasteiger partial charge on any atom is 0.335 e. The lowest BCUT2D eigenvalue weighted by atomic mass is 10.1. The van der Waals surface area contributed by atoms with Crippen LogP contribution < -0.4 is 4.74 Å². The number of methoxy groups -OCH3 is 1. The van der Waals surface area contributed by atoms with E-state index < -0.39 is 11.8 Å². The van der Waals surface area contributed by atoms with Gasteiger partial charge in [0.1, 0.15) is 0 Å². The molecule has 0 saturated carbocycles. The highest BCUT2D eigenvalue weighted by Crippen LogP contribution is 2.21. The summed E-state index contributed by atoms with van der Waals surface area (Å²) in [6.07, 6.45) is 0.456. The van der Waals surface area contributed by atoms with Crippen LogP contribution in [-0.2, 0) is 17.8 Å². The highest BCUT2D eigenvalue weighted by atomic mass is 19.1. The number of carboxylic acids is 1. The van der Waals surface area contributed by atoms with Crippen LogP contribution in [-0.4, -0.2) is 36.0 Å². The fourth-order valence-corrected chi connectivity index (χ4v) is 2.45. The van der Waals surface area contributed by atoms with Gasteiger partial charge in [-0.25, -0.2) is 9.18 Å². The summed E-state index contributed by atoms with van der Waals surface area (Å²) in [5, 5.41) is 8.88. The number of carbonyl (C=O) groups excluding carboxylic acids is 1.